The first-order valence-corrected chi connectivity index (χ1v) is 6.45. The van der Waals surface area contributed by atoms with Crippen molar-refractivity contribution in [2.45, 2.75) is 32.7 Å². The van der Waals surface area contributed by atoms with Gasteiger partial charge in [-0.15, -0.1) is 0 Å². The highest BCUT2D eigenvalue weighted by Crippen LogP contribution is 2.30. The van der Waals surface area contributed by atoms with Crippen LogP contribution in [0.2, 0.25) is 0 Å². The Balaban J connectivity index is 2.53. The van der Waals surface area contributed by atoms with E-state index < -0.39 is 0 Å². The van der Waals surface area contributed by atoms with E-state index in [1.165, 1.54) is 16.5 Å². The van der Waals surface area contributed by atoms with E-state index in [-0.39, 0.29) is 6.61 Å². The lowest BCUT2D eigenvalue weighted by Crippen LogP contribution is -1.98. The summed E-state index contributed by atoms with van der Waals surface area (Å²) in [7, 11) is 1.69. The summed E-state index contributed by atoms with van der Waals surface area (Å²) in [6.45, 7) is 5.47. The maximum absolute atomic E-state index is 8.98. The predicted molar refractivity (Wildman–Crippen MR) is 74.3 cm³/mol. The molecule has 0 atom stereocenters. The lowest BCUT2D eigenvalue weighted by Gasteiger charge is -2.05. The summed E-state index contributed by atoms with van der Waals surface area (Å²) in [6, 6.07) is 6.20. The number of benzene rings is 1. The molecule has 0 spiro atoms. The SMILES string of the molecule is COc1ccc2c(C(C)C)cn(CCCO)c2c1. The predicted octanol–water partition coefficient (Wildman–Crippen LogP) is 3.16. The van der Waals surface area contributed by atoms with Crippen molar-refractivity contribution in [2.75, 3.05) is 13.7 Å². The van der Waals surface area contributed by atoms with Gasteiger partial charge in [-0.1, -0.05) is 13.8 Å². The summed E-state index contributed by atoms with van der Waals surface area (Å²) in [4.78, 5) is 0. The van der Waals surface area contributed by atoms with E-state index in [2.05, 4.69) is 36.7 Å². The van der Waals surface area contributed by atoms with E-state index in [1.807, 2.05) is 6.07 Å². The Bertz CT molecular complexity index is 529. The van der Waals surface area contributed by atoms with E-state index in [0.29, 0.717) is 5.92 Å². The summed E-state index contributed by atoms with van der Waals surface area (Å²) in [5.41, 5.74) is 2.54. The molecule has 1 heterocycles. The topological polar surface area (TPSA) is 34.4 Å². The number of hydrogen-bond acceptors (Lipinski definition) is 2. The number of aliphatic hydroxyl groups is 1. The largest absolute Gasteiger partial charge is 0.497 e. The Labute approximate surface area is 108 Å². The van der Waals surface area contributed by atoms with E-state index in [9.17, 15) is 0 Å². The average molecular weight is 247 g/mol. The molecule has 1 aromatic heterocycles. The molecule has 0 aliphatic heterocycles. The molecule has 0 saturated carbocycles. The average Bonchev–Trinajstić information content (AvgIpc) is 2.74. The molecule has 0 amide bonds. The number of aliphatic hydroxyl groups excluding tert-OH is 1. The third kappa shape index (κ3) is 2.36. The summed E-state index contributed by atoms with van der Waals surface area (Å²) in [5, 5.41) is 10.3. The summed E-state index contributed by atoms with van der Waals surface area (Å²) in [6.07, 6.45) is 2.98. The van der Waals surface area contributed by atoms with E-state index in [1.54, 1.807) is 7.11 Å². The molecular formula is C15H21NO2. The monoisotopic (exact) mass is 247 g/mol. The van der Waals surface area contributed by atoms with Gasteiger partial charge in [-0.2, -0.15) is 0 Å². The van der Waals surface area contributed by atoms with Crippen LogP contribution in [0.5, 0.6) is 5.75 Å². The summed E-state index contributed by atoms with van der Waals surface area (Å²) >= 11 is 0. The smallest absolute Gasteiger partial charge is 0.120 e. The van der Waals surface area contributed by atoms with E-state index >= 15 is 0 Å². The van der Waals surface area contributed by atoms with Crippen LogP contribution in [0.1, 0.15) is 31.7 Å². The molecule has 1 aromatic carbocycles. The molecule has 0 aliphatic rings. The van der Waals surface area contributed by atoms with Gasteiger partial charge >= 0.3 is 0 Å². The molecule has 0 bridgehead atoms. The fraction of sp³-hybridized carbons (Fsp3) is 0.467. The van der Waals surface area contributed by atoms with E-state index in [0.717, 1.165) is 18.7 Å². The first-order chi connectivity index (χ1) is 8.67. The van der Waals surface area contributed by atoms with Crippen molar-refractivity contribution in [1.82, 2.24) is 4.57 Å². The number of ether oxygens (including phenoxy) is 1. The van der Waals surface area contributed by atoms with Crippen LogP contribution in [0.15, 0.2) is 24.4 Å². The van der Waals surface area contributed by atoms with Crippen molar-refractivity contribution in [3.63, 3.8) is 0 Å². The Morgan fingerprint density at radius 3 is 2.72 bits per heavy atom. The molecule has 3 heteroatoms. The van der Waals surface area contributed by atoms with Crippen molar-refractivity contribution in [3.8, 4) is 5.75 Å². The highest BCUT2D eigenvalue weighted by Gasteiger charge is 2.11. The van der Waals surface area contributed by atoms with Gasteiger partial charge in [0.1, 0.15) is 5.75 Å². The van der Waals surface area contributed by atoms with Crippen molar-refractivity contribution in [3.05, 3.63) is 30.0 Å². The zero-order chi connectivity index (χ0) is 13.1. The van der Waals surface area contributed by atoms with E-state index in [4.69, 9.17) is 9.84 Å². The van der Waals surface area contributed by atoms with Crippen LogP contribution < -0.4 is 4.74 Å². The fourth-order valence-corrected chi connectivity index (χ4v) is 2.31. The van der Waals surface area contributed by atoms with Crippen LogP contribution in [-0.4, -0.2) is 23.4 Å². The van der Waals surface area contributed by atoms with Gasteiger partial charge in [0.25, 0.3) is 0 Å². The lowest BCUT2D eigenvalue weighted by molar-refractivity contribution is 0.280. The van der Waals surface area contributed by atoms with Crippen LogP contribution in [0, 0.1) is 0 Å². The molecule has 18 heavy (non-hydrogen) atoms. The number of aromatic nitrogens is 1. The second kappa shape index (κ2) is 5.44. The van der Waals surface area contributed by atoms with Gasteiger partial charge in [0.15, 0.2) is 0 Å². The Kier molecular flexibility index (Phi) is 3.92. The first kappa shape index (κ1) is 13.0. The molecule has 0 saturated heterocycles. The Morgan fingerprint density at radius 1 is 1.33 bits per heavy atom. The van der Waals surface area contributed by atoms with Crippen LogP contribution in [0.25, 0.3) is 10.9 Å². The molecule has 0 unspecified atom stereocenters. The number of nitrogens with zero attached hydrogens (tertiary/aromatic N) is 1. The van der Waals surface area contributed by atoms with Gasteiger partial charge in [0, 0.05) is 30.8 Å². The van der Waals surface area contributed by atoms with Gasteiger partial charge < -0.3 is 14.4 Å². The molecule has 2 aromatic rings. The highest BCUT2D eigenvalue weighted by atomic mass is 16.5. The minimum Gasteiger partial charge on any atom is -0.497 e. The van der Waals surface area contributed by atoms with Crippen LogP contribution >= 0.6 is 0 Å². The molecule has 0 aliphatic carbocycles. The Hall–Kier alpha value is -1.48. The molecule has 0 fully saturated rings. The van der Waals surface area contributed by atoms with Crippen LogP contribution in [0.3, 0.4) is 0 Å². The first-order valence-electron chi connectivity index (χ1n) is 6.45. The van der Waals surface area contributed by atoms with Crippen molar-refractivity contribution < 1.29 is 9.84 Å². The number of methoxy groups -OCH3 is 1. The molecule has 1 N–H and O–H groups in total. The van der Waals surface area contributed by atoms with Crippen molar-refractivity contribution in [2.24, 2.45) is 0 Å². The number of aryl methyl sites for hydroxylation is 1. The zero-order valence-corrected chi connectivity index (χ0v) is 11.3. The summed E-state index contributed by atoms with van der Waals surface area (Å²) in [5.74, 6) is 1.37. The van der Waals surface area contributed by atoms with Crippen LogP contribution in [-0.2, 0) is 6.54 Å². The standard InChI is InChI=1S/C15H21NO2/c1-11(2)14-10-16(7-4-8-17)15-9-12(18-3)5-6-13(14)15/h5-6,9-11,17H,4,7-8H2,1-3H3. The van der Waals surface area contributed by atoms with Gasteiger partial charge in [0.2, 0.25) is 0 Å². The maximum Gasteiger partial charge on any atom is 0.120 e. The molecule has 3 nitrogen and oxygen atoms in total. The van der Waals surface area contributed by atoms with Gasteiger partial charge in [-0.3, -0.25) is 0 Å². The number of fused-ring (bicyclic) bond motifs is 1. The quantitative estimate of drug-likeness (QED) is 0.880. The molecule has 2 rings (SSSR count). The normalized spacial score (nSPS) is 11.4. The van der Waals surface area contributed by atoms with Crippen molar-refractivity contribution >= 4 is 10.9 Å². The Morgan fingerprint density at radius 2 is 2.11 bits per heavy atom. The number of hydrogen-bond donors (Lipinski definition) is 1. The third-order valence-electron chi connectivity index (χ3n) is 3.30. The molecular weight excluding hydrogens is 226 g/mol. The van der Waals surface area contributed by atoms with Gasteiger partial charge in [0.05, 0.1) is 12.6 Å². The molecule has 98 valence electrons. The van der Waals surface area contributed by atoms with Gasteiger partial charge in [-0.05, 0) is 30.0 Å². The lowest BCUT2D eigenvalue weighted by atomic mass is 10.0. The third-order valence-corrected chi connectivity index (χ3v) is 3.30. The second-order valence-corrected chi connectivity index (χ2v) is 4.89. The minimum absolute atomic E-state index is 0.223. The highest BCUT2D eigenvalue weighted by molar-refractivity contribution is 5.85. The van der Waals surface area contributed by atoms with Crippen LogP contribution in [0.4, 0.5) is 0 Å². The fourth-order valence-electron chi connectivity index (χ4n) is 2.31. The maximum atomic E-state index is 8.98. The minimum atomic E-state index is 0.223. The zero-order valence-electron chi connectivity index (χ0n) is 11.3. The second-order valence-electron chi connectivity index (χ2n) is 4.89. The number of rotatable bonds is 5. The summed E-state index contributed by atoms with van der Waals surface area (Å²) < 4.78 is 7.50. The van der Waals surface area contributed by atoms with Crippen molar-refractivity contribution in [1.29, 1.82) is 0 Å². The van der Waals surface area contributed by atoms with Gasteiger partial charge in [-0.25, -0.2) is 0 Å². The molecule has 0 radical (unpaired) electrons.